The van der Waals surface area contributed by atoms with Gasteiger partial charge >= 0.3 is 11.9 Å². The Bertz CT molecular complexity index is 2040. The molecule has 506 valence electrons. The van der Waals surface area contributed by atoms with Crippen molar-refractivity contribution in [3.8, 4) is 0 Å². The molecular formula is C85H136O5. The van der Waals surface area contributed by atoms with Crippen molar-refractivity contribution in [3.05, 3.63) is 194 Å². The molecule has 5 nitrogen and oxygen atoms in total. The number of unbranched alkanes of at least 4 members (excludes halogenated alkanes) is 26. The molecule has 0 aromatic carbocycles. The SMILES string of the molecule is CC/C=C\C/C=C\C/C=C\C/C=C\C/C=C\C/C=C\C/C=C\C/C=C\C/C=C\C/C=C\C/C=C\C/C=C\CCCCC(=O)OC(CO)COC(=O)CCCCCCCCCCCCCCCCCCCCCCCCCC/C=C\C/C=C\C/C=C\C/C=C\CC. The van der Waals surface area contributed by atoms with E-state index >= 15 is 0 Å². The highest BCUT2D eigenvalue weighted by Gasteiger charge is 2.16. The number of ether oxygens (including phenoxy) is 2. The summed E-state index contributed by atoms with van der Waals surface area (Å²) in [6.45, 7) is 3.89. The Labute approximate surface area is 556 Å². The van der Waals surface area contributed by atoms with Crippen LogP contribution in [0.1, 0.15) is 309 Å². The van der Waals surface area contributed by atoms with Crippen LogP contribution in [0.2, 0.25) is 0 Å². The van der Waals surface area contributed by atoms with Gasteiger partial charge in [0.1, 0.15) is 6.61 Å². The first-order valence-corrected chi connectivity index (χ1v) is 37.0. The summed E-state index contributed by atoms with van der Waals surface area (Å²) >= 11 is 0. The van der Waals surface area contributed by atoms with Crippen molar-refractivity contribution in [2.45, 2.75) is 315 Å². The predicted octanol–water partition coefficient (Wildman–Crippen LogP) is 26.3. The third kappa shape index (κ3) is 75.2. The summed E-state index contributed by atoms with van der Waals surface area (Å²) in [6, 6.07) is 0. The molecule has 0 amide bonds. The monoisotopic (exact) mass is 1240 g/mol. The van der Waals surface area contributed by atoms with E-state index in [-0.39, 0.29) is 31.6 Å². The van der Waals surface area contributed by atoms with E-state index in [9.17, 15) is 14.7 Å². The van der Waals surface area contributed by atoms with Crippen LogP contribution in [0, 0.1) is 0 Å². The Balaban J connectivity index is 3.58. The van der Waals surface area contributed by atoms with E-state index in [1.54, 1.807) is 0 Å². The minimum Gasteiger partial charge on any atom is -0.462 e. The number of carbonyl (C=O) groups is 2. The number of esters is 2. The molecule has 0 aromatic rings. The fourth-order valence-electron chi connectivity index (χ4n) is 9.94. The van der Waals surface area contributed by atoms with Gasteiger partial charge in [0.15, 0.2) is 6.10 Å². The number of aliphatic hydroxyl groups excluding tert-OH is 1. The number of hydrogen-bond donors (Lipinski definition) is 1. The van der Waals surface area contributed by atoms with Crippen LogP contribution in [-0.2, 0) is 19.1 Å². The van der Waals surface area contributed by atoms with Gasteiger partial charge < -0.3 is 14.6 Å². The molecule has 1 unspecified atom stereocenters. The van der Waals surface area contributed by atoms with Crippen LogP contribution in [0.15, 0.2) is 194 Å². The maximum absolute atomic E-state index is 12.4. The lowest BCUT2D eigenvalue weighted by Crippen LogP contribution is -2.28. The van der Waals surface area contributed by atoms with Gasteiger partial charge in [0.25, 0.3) is 0 Å². The second-order valence-electron chi connectivity index (χ2n) is 23.9. The highest BCUT2D eigenvalue weighted by atomic mass is 16.6. The lowest BCUT2D eigenvalue weighted by molar-refractivity contribution is -0.161. The van der Waals surface area contributed by atoms with E-state index < -0.39 is 6.10 Å². The molecule has 0 bridgehead atoms. The van der Waals surface area contributed by atoms with Crippen LogP contribution >= 0.6 is 0 Å². The van der Waals surface area contributed by atoms with Gasteiger partial charge in [-0.05, 0) is 141 Å². The molecule has 5 heteroatoms. The molecule has 0 radical (unpaired) electrons. The Morgan fingerprint density at radius 3 is 0.689 bits per heavy atom. The second kappa shape index (κ2) is 78.0. The van der Waals surface area contributed by atoms with Crippen LogP contribution in [0.25, 0.3) is 0 Å². The lowest BCUT2D eigenvalue weighted by atomic mass is 10.0. The fraction of sp³-hybridized carbons (Fsp3) is 0.600. The molecule has 1 N–H and O–H groups in total. The third-order valence-corrected chi connectivity index (χ3v) is 15.4. The summed E-state index contributed by atoms with van der Waals surface area (Å²) in [7, 11) is 0. The Hall–Kier alpha value is -5.26. The quantitative estimate of drug-likeness (QED) is 0.0373. The lowest BCUT2D eigenvalue weighted by Gasteiger charge is -2.15. The smallest absolute Gasteiger partial charge is 0.306 e. The fourth-order valence-corrected chi connectivity index (χ4v) is 9.94. The average Bonchev–Trinajstić information content (AvgIpc) is 3.59. The molecule has 0 rings (SSSR count). The first-order chi connectivity index (χ1) is 44.6. The number of carbonyl (C=O) groups excluding carboxylic acids is 2. The normalized spacial score (nSPS) is 13.4. The van der Waals surface area contributed by atoms with E-state index in [4.69, 9.17) is 9.47 Å². The van der Waals surface area contributed by atoms with Crippen molar-refractivity contribution in [1.29, 1.82) is 0 Å². The average molecular weight is 1240 g/mol. The molecule has 0 aliphatic rings. The number of allylic oxidation sites excluding steroid dienone is 32. The van der Waals surface area contributed by atoms with Gasteiger partial charge in [-0.2, -0.15) is 0 Å². The molecule has 0 aliphatic heterocycles. The highest BCUT2D eigenvalue weighted by Crippen LogP contribution is 2.17. The van der Waals surface area contributed by atoms with Gasteiger partial charge in [-0.25, -0.2) is 0 Å². The molecule has 90 heavy (non-hydrogen) atoms. The summed E-state index contributed by atoms with van der Waals surface area (Å²) in [5.41, 5.74) is 0. The predicted molar refractivity (Wildman–Crippen MR) is 398 cm³/mol. The van der Waals surface area contributed by atoms with E-state index in [0.717, 1.165) is 135 Å². The van der Waals surface area contributed by atoms with Crippen molar-refractivity contribution >= 4 is 11.9 Å². The summed E-state index contributed by atoms with van der Waals surface area (Å²) in [6.07, 6.45) is 123. The zero-order chi connectivity index (χ0) is 64.7. The van der Waals surface area contributed by atoms with Crippen molar-refractivity contribution in [3.63, 3.8) is 0 Å². The maximum atomic E-state index is 12.4. The third-order valence-electron chi connectivity index (χ3n) is 15.4. The Morgan fingerprint density at radius 2 is 0.444 bits per heavy atom. The minimum atomic E-state index is -0.809. The van der Waals surface area contributed by atoms with Crippen molar-refractivity contribution in [2.75, 3.05) is 13.2 Å². The number of aliphatic hydroxyl groups is 1. The zero-order valence-corrected chi connectivity index (χ0v) is 58.1. The van der Waals surface area contributed by atoms with Crippen LogP contribution in [-0.4, -0.2) is 36.4 Å². The first-order valence-electron chi connectivity index (χ1n) is 37.0. The maximum Gasteiger partial charge on any atom is 0.306 e. The minimum absolute atomic E-state index is 0.0922. The second-order valence-corrected chi connectivity index (χ2v) is 23.9. The molecule has 0 spiro atoms. The molecular weight excluding hydrogens is 1100 g/mol. The van der Waals surface area contributed by atoms with Gasteiger partial charge in [-0.1, -0.05) is 350 Å². The molecule has 0 saturated heterocycles. The van der Waals surface area contributed by atoms with E-state index in [2.05, 4.69) is 208 Å². The topological polar surface area (TPSA) is 72.8 Å². The molecule has 0 heterocycles. The summed E-state index contributed by atoms with van der Waals surface area (Å²) in [4.78, 5) is 24.7. The molecule has 0 fully saturated rings. The van der Waals surface area contributed by atoms with Gasteiger partial charge in [0, 0.05) is 12.8 Å². The summed E-state index contributed by atoms with van der Waals surface area (Å²) in [5.74, 6) is -0.644. The van der Waals surface area contributed by atoms with Crippen LogP contribution < -0.4 is 0 Å². The van der Waals surface area contributed by atoms with Gasteiger partial charge in [0.05, 0.1) is 6.61 Å². The van der Waals surface area contributed by atoms with E-state index in [1.165, 1.54) is 141 Å². The highest BCUT2D eigenvalue weighted by molar-refractivity contribution is 5.70. The molecule has 0 aromatic heterocycles. The van der Waals surface area contributed by atoms with Crippen molar-refractivity contribution in [1.82, 2.24) is 0 Å². The zero-order valence-electron chi connectivity index (χ0n) is 58.1. The molecule has 0 aliphatic carbocycles. The van der Waals surface area contributed by atoms with Gasteiger partial charge in [-0.15, -0.1) is 0 Å². The van der Waals surface area contributed by atoms with Gasteiger partial charge in [-0.3, -0.25) is 9.59 Å². The van der Waals surface area contributed by atoms with E-state index in [0.29, 0.717) is 12.8 Å². The van der Waals surface area contributed by atoms with Crippen LogP contribution in [0.5, 0.6) is 0 Å². The summed E-state index contributed by atoms with van der Waals surface area (Å²) < 4.78 is 10.7. The first kappa shape index (κ1) is 84.7. The molecule has 1 atom stereocenters. The number of hydrogen-bond acceptors (Lipinski definition) is 5. The largest absolute Gasteiger partial charge is 0.462 e. The Kier molecular flexibility index (Phi) is 73.4. The summed E-state index contributed by atoms with van der Waals surface area (Å²) in [5, 5.41) is 9.71. The van der Waals surface area contributed by atoms with Crippen LogP contribution in [0.3, 0.4) is 0 Å². The van der Waals surface area contributed by atoms with Gasteiger partial charge in [0.2, 0.25) is 0 Å². The van der Waals surface area contributed by atoms with Crippen LogP contribution in [0.4, 0.5) is 0 Å². The Morgan fingerprint density at radius 1 is 0.256 bits per heavy atom. The van der Waals surface area contributed by atoms with Crippen molar-refractivity contribution < 1.29 is 24.2 Å². The van der Waals surface area contributed by atoms with E-state index in [1.807, 2.05) is 0 Å². The molecule has 0 saturated carbocycles. The standard InChI is InChI=1S/C85H136O5/c1-3-5-7-9-11-13-15-17-19-21-23-25-27-29-31-33-35-37-39-41-42-44-46-48-50-52-54-56-58-60-62-64-66-68-70-72-74-76-78-80-85(88)90-83(81-86)82-89-84(87)79-77-75-73-71-69-67-65-63-61-59-57-55-53-51-49-47-45-43-40-38-36-34-32-30-28-26-24-22-20-18-16-14-12-10-8-6-4-2/h5-8,11-14,17-20,23-26,29,31,35,37,41-42,46,48,52,54,58,60,64,66,70,72,83,86H,3-4,9-10,15-16,21-22,27-28,30,32-34,36,38-40,43-45,47,49-51,53,55-57,59,61-63,65,67-69,71,73-82H2,1-2H3/b7-5-,8-6-,13-11-,14-12-,19-17-,20-18-,25-23-,26-24-,31-29-,37-35-,42-41-,48-46-,54-52-,60-58-,66-64-,72-70-. The number of rotatable bonds is 66. The van der Waals surface area contributed by atoms with Crippen molar-refractivity contribution in [2.24, 2.45) is 0 Å².